The number of fused-ring (bicyclic) bond motifs is 2. The van der Waals surface area contributed by atoms with E-state index in [-0.39, 0.29) is 72.7 Å². The van der Waals surface area contributed by atoms with Crippen molar-refractivity contribution in [3.63, 3.8) is 0 Å². The molecule has 1 aromatic rings. The molecule has 50 heavy (non-hydrogen) atoms. The number of nitrogens with two attached hydrogens (primary N) is 1. The van der Waals surface area contributed by atoms with E-state index in [1.165, 1.54) is 0 Å². The van der Waals surface area contributed by atoms with Crippen molar-refractivity contribution in [2.45, 2.75) is 87.6 Å². The molecule has 5 saturated carbocycles. The number of amides is 2. The molecular weight excluding hydrogens is 646 g/mol. The first-order valence-corrected chi connectivity index (χ1v) is 18.0. The minimum Gasteiger partial charge on any atom is -0.461 e. The van der Waals surface area contributed by atoms with Crippen LogP contribution in [-0.4, -0.2) is 123 Å². The van der Waals surface area contributed by atoms with Gasteiger partial charge in [-0.15, -0.1) is 0 Å². The molecule has 14 atom stereocenters. The van der Waals surface area contributed by atoms with Gasteiger partial charge in [0.25, 0.3) is 0 Å². The van der Waals surface area contributed by atoms with Crippen molar-refractivity contribution in [1.29, 1.82) is 0 Å². The number of likely N-dealkylation sites (N-methyl/N-ethyl adjacent to an activating group) is 1. The fourth-order valence-corrected chi connectivity index (χ4v) is 12.7. The van der Waals surface area contributed by atoms with E-state index in [4.69, 9.17) is 29.4 Å². The Morgan fingerprint density at radius 2 is 1.82 bits per heavy atom. The molecule has 1 aromatic carbocycles. The lowest BCUT2D eigenvalue weighted by atomic mass is 9.42. The molecule has 5 aliphatic carbocycles. The van der Waals surface area contributed by atoms with Crippen LogP contribution < -0.4 is 11.1 Å². The molecular formula is C37H53N3O10. The Balaban J connectivity index is 1.29. The summed E-state index contributed by atoms with van der Waals surface area (Å²) < 4.78 is 31.3. The number of benzene rings is 1. The van der Waals surface area contributed by atoms with E-state index in [2.05, 4.69) is 17.1 Å². The lowest BCUT2D eigenvalue weighted by molar-refractivity contribution is -0.320. The largest absolute Gasteiger partial charge is 0.461 e. The summed E-state index contributed by atoms with van der Waals surface area (Å²) in [5.74, 6) is -3.02. The molecule has 13 heteroatoms. The number of para-hydroxylation sites is 1. The van der Waals surface area contributed by atoms with Gasteiger partial charge in [-0.05, 0) is 43.9 Å². The van der Waals surface area contributed by atoms with Gasteiger partial charge in [-0.3, -0.25) is 14.5 Å². The molecule has 1 heterocycles. The van der Waals surface area contributed by atoms with Crippen LogP contribution >= 0.6 is 0 Å². The highest BCUT2D eigenvalue weighted by molar-refractivity contribution is 6.02. The molecule has 1 spiro atoms. The minimum atomic E-state index is -1.70. The van der Waals surface area contributed by atoms with E-state index in [1.54, 1.807) is 59.6 Å². The van der Waals surface area contributed by atoms with E-state index in [1.807, 2.05) is 0 Å². The number of anilines is 1. The number of likely N-dealkylation sites (tertiary alicyclic amines) is 1. The first-order chi connectivity index (χ1) is 23.8. The third kappa shape index (κ3) is 4.46. The van der Waals surface area contributed by atoms with Crippen molar-refractivity contribution in [2.75, 3.05) is 53.5 Å². The summed E-state index contributed by atoms with van der Waals surface area (Å²) in [5, 5.41) is 29.3. The predicted octanol–water partition coefficient (Wildman–Crippen LogP) is 1.59. The Morgan fingerprint density at radius 3 is 2.46 bits per heavy atom. The number of rotatable bonds is 12. The average molecular weight is 700 g/mol. The smallest absolute Gasteiger partial charge is 0.340 e. The third-order valence-electron chi connectivity index (χ3n) is 14.2. The van der Waals surface area contributed by atoms with Crippen LogP contribution in [0.4, 0.5) is 5.69 Å². The van der Waals surface area contributed by atoms with Gasteiger partial charge in [-0.25, -0.2) is 4.79 Å². The van der Waals surface area contributed by atoms with Gasteiger partial charge < -0.3 is 44.9 Å². The summed E-state index contributed by atoms with van der Waals surface area (Å²) in [7, 11) is 6.69. The average Bonchev–Trinajstić information content (AvgIpc) is 3.52. The minimum absolute atomic E-state index is 0.0402. The molecule has 7 bridgehead atoms. The van der Waals surface area contributed by atoms with Crippen molar-refractivity contribution in [3.05, 3.63) is 29.8 Å². The van der Waals surface area contributed by atoms with Crippen LogP contribution in [-0.2, 0) is 33.3 Å². The molecule has 13 nitrogen and oxygen atoms in total. The second kappa shape index (κ2) is 12.5. The number of nitrogens with zero attached hydrogens (tertiary/aromatic N) is 1. The van der Waals surface area contributed by atoms with E-state index in [0.717, 1.165) is 6.42 Å². The molecule has 1 saturated heterocycles. The van der Waals surface area contributed by atoms with Gasteiger partial charge in [-0.1, -0.05) is 26.0 Å². The number of hydrogen-bond acceptors (Lipinski definition) is 11. The zero-order valence-corrected chi connectivity index (χ0v) is 29.9. The van der Waals surface area contributed by atoms with E-state index in [9.17, 15) is 24.6 Å². The number of primary amides is 1. The normalized spacial score (nSPS) is 44.4. The standard InChI is InChI=1S/C37H53N3O10/c1-7-40-17-34(18-50-32(43)20-10-8-9-11-23(20)39-31(42)19(2)14-26(38)41)13-12-25(47-4)36-22-15-21-24(46-3)16-35(44,27(22)28(21)48-5)37(45,33(36)40)30(49-6)29(34)36/h8-11,19,21-22,24-25,27-30,33,44-45H,7,12-18H2,1-6H3,(H2,38,41)(H,39,42)/t19?,21?,22?,24-,25?,27?,28?,29?,30-,33?,34-,35+,36?,37-/m0/s1. The highest BCUT2D eigenvalue weighted by Gasteiger charge is 2.91. The topological polar surface area (TPSA) is 179 Å². The monoisotopic (exact) mass is 699 g/mol. The van der Waals surface area contributed by atoms with Crippen molar-refractivity contribution >= 4 is 23.5 Å². The Kier molecular flexibility index (Phi) is 8.93. The summed E-state index contributed by atoms with van der Waals surface area (Å²) in [6.07, 6.45) is 0.586. The number of carbonyl (C=O) groups excluding carboxylic acids is 3. The Morgan fingerprint density at radius 1 is 1.08 bits per heavy atom. The number of piperidine rings is 1. The Bertz CT molecular complexity index is 1530. The SMILES string of the molecule is CCN1C[C@]2(COC(=O)c3ccccc3NC(=O)C(C)CC(N)=O)CCC(OC)C34C5CC6C(OC)C5[C@](O)(C[C@@H]6OC)[C@@](O)(C13)[C@@H](OC)C42. The molecule has 0 radical (unpaired) electrons. The lowest BCUT2D eigenvalue weighted by Crippen LogP contribution is -2.82. The second-order valence-corrected chi connectivity index (χ2v) is 15.9. The van der Waals surface area contributed by atoms with E-state index >= 15 is 0 Å². The molecule has 7 rings (SSSR count). The van der Waals surface area contributed by atoms with Crippen LogP contribution in [0.1, 0.15) is 56.3 Å². The molecule has 6 fully saturated rings. The van der Waals surface area contributed by atoms with Crippen molar-refractivity contribution in [3.8, 4) is 0 Å². The summed E-state index contributed by atoms with van der Waals surface area (Å²) in [4.78, 5) is 40.5. The van der Waals surface area contributed by atoms with Crippen LogP contribution in [0.5, 0.6) is 0 Å². The van der Waals surface area contributed by atoms with Crippen LogP contribution in [0.25, 0.3) is 0 Å². The molecule has 9 unspecified atom stereocenters. The van der Waals surface area contributed by atoms with Crippen molar-refractivity contribution in [2.24, 2.45) is 46.2 Å². The highest BCUT2D eigenvalue weighted by Crippen LogP contribution is 2.80. The van der Waals surface area contributed by atoms with E-state index < -0.39 is 57.9 Å². The van der Waals surface area contributed by atoms with Gasteiger partial charge in [0.1, 0.15) is 11.2 Å². The maximum absolute atomic E-state index is 14.0. The molecule has 2 amide bonds. The van der Waals surface area contributed by atoms with Crippen LogP contribution in [0.3, 0.4) is 0 Å². The van der Waals surface area contributed by atoms with Crippen LogP contribution in [0.2, 0.25) is 0 Å². The molecule has 0 aromatic heterocycles. The summed E-state index contributed by atoms with van der Waals surface area (Å²) >= 11 is 0. The summed E-state index contributed by atoms with van der Waals surface area (Å²) in [6, 6.07) is 6.16. The van der Waals surface area contributed by atoms with Crippen LogP contribution in [0.15, 0.2) is 24.3 Å². The lowest BCUT2D eigenvalue weighted by Gasteiger charge is -2.70. The first-order valence-electron chi connectivity index (χ1n) is 18.0. The summed E-state index contributed by atoms with van der Waals surface area (Å²) in [5.41, 5.74) is 1.21. The zero-order valence-electron chi connectivity index (χ0n) is 29.9. The fraction of sp³-hybridized carbons (Fsp3) is 0.757. The van der Waals surface area contributed by atoms with Gasteiger partial charge in [-0.2, -0.15) is 0 Å². The van der Waals surface area contributed by atoms with Gasteiger partial charge in [0.2, 0.25) is 11.8 Å². The molecule has 6 aliphatic rings. The Hall–Kier alpha value is -2.65. The number of hydrogen-bond donors (Lipinski definition) is 4. The van der Waals surface area contributed by atoms with Gasteiger partial charge in [0.15, 0.2) is 0 Å². The quantitative estimate of drug-likeness (QED) is 0.233. The summed E-state index contributed by atoms with van der Waals surface area (Å²) in [6.45, 7) is 4.84. The maximum atomic E-state index is 14.0. The number of carbonyl (C=O) groups is 3. The fourth-order valence-electron chi connectivity index (χ4n) is 12.7. The number of esters is 1. The van der Waals surface area contributed by atoms with Crippen LogP contribution in [0, 0.1) is 40.4 Å². The highest BCUT2D eigenvalue weighted by atomic mass is 16.5. The van der Waals surface area contributed by atoms with Gasteiger partial charge in [0, 0.05) is 82.3 Å². The Labute approximate surface area is 293 Å². The van der Waals surface area contributed by atoms with Crippen molar-refractivity contribution in [1.82, 2.24) is 4.90 Å². The number of aliphatic hydroxyl groups is 2. The second-order valence-electron chi connectivity index (χ2n) is 15.9. The molecule has 1 aliphatic heterocycles. The molecule has 5 N–H and O–H groups in total. The van der Waals surface area contributed by atoms with Gasteiger partial charge in [0.05, 0.1) is 48.3 Å². The number of methoxy groups -OCH3 is 4. The predicted molar refractivity (Wildman–Crippen MR) is 180 cm³/mol. The maximum Gasteiger partial charge on any atom is 0.340 e. The number of nitrogens with one attached hydrogen (secondary N) is 1. The zero-order chi connectivity index (χ0) is 36.0. The number of ether oxygens (including phenoxy) is 5. The van der Waals surface area contributed by atoms with Gasteiger partial charge >= 0.3 is 5.97 Å². The third-order valence-corrected chi connectivity index (χ3v) is 14.2. The van der Waals surface area contributed by atoms with E-state index in [0.29, 0.717) is 25.9 Å². The van der Waals surface area contributed by atoms with Crippen molar-refractivity contribution < 1.29 is 48.3 Å². The molecule has 276 valence electrons. The first kappa shape index (κ1) is 35.7.